The van der Waals surface area contributed by atoms with Gasteiger partial charge in [0.05, 0.1) is 0 Å². The van der Waals surface area contributed by atoms with Gasteiger partial charge in [-0.1, -0.05) is 6.92 Å². The zero-order valence-corrected chi connectivity index (χ0v) is 10.5. The minimum Gasteiger partial charge on any atom is -0.318 e. The standard InChI is InChI=1S/C7H18N2.2CH3.Al/c1-4-6-9(3)7-5-8-2;;;/h8H,4-7H2,1-3H3;2*1H3;. The summed E-state index contributed by atoms with van der Waals surface area (Å²) in [6.07, 6.45) is 1.25. The van der Waals surface area contributed by atoms with Crippen molar-refractivity contribution in [3.05, 3.63) is 0 Å². The molecule has 0 aliphatic rings. The van der Waals surface area contributed by atoms with E-state index in [0.717, 1.165) is 28.3 Å². The van der Waals surface area contributed by atoms with Gasteiger partial charge in [-0.05, 0) is 27.1 Å². The van der Waals surface area contributed by atoms with Gasteiger partial charge in [-0.15, -0.1) is 11.6 Å². The van der Waals surface area contributed by atoms with Crippen molar-refractivity contribution in [3.63, 3.8) is 0 Å². The normalized spacial score (nSPS) is 9.17. The number of nitrogens with zero attached hydrogens (tertiary/aromatic N) is 1. The van der Waals surface area contributed by atoms with Gasteiger partial charge in [0, 0.05) is 13.1 Å². The third-order valence-electron chi connectivity index (χ3n) is 1.35. The van der Waals surface area contributed by atoms with Gasteiger partial charge in [-0.3, -0.25) is 0 Å². The van der Waals surface area contributed by atoms with Crippen molar-refractivity contribution in [2.75, 3.05) is 33.7 Å². The van der Waals surface area contributed by atoms with Crippen LogP contribution in [0.15, 0.2) is 0 Å². The van der Waals surface area contributed by atoms with Gasteiger partial charge in [0.1, 0.15) is 0 Å². The average Bonchev–Trinajstić information content (AvgIpc) is 2.03. The van der Waals surface area contributed by atoms with Gasteiger partial charge >= 0.3 is 0 Å². The highest BCUT2D eigenvalue weighted by Gasteiger charge is 1.91. The summed E-state index contributed by atoms with van der Waals surface area (Å²) in [5.41, 5.74) is 0. The Balaban J connectivity index is 0. The highest BCUT2D eigenvalue weighted by molar-refractivity contribution is 6.31. The summed E-state index contributed by atoms with van der Waals surface area (Å²) in [4.78, 5) is 2.33. The lowest BCUT2D eigenvalue weighted by Crippen LogP contribution is -2.27. The first-order valence-corrected chi connectivity index (χ1v) is 7.10. The molecule has 12 heavy (non-hydrogen) atoms. The van der Waals surface area contributed by atoms with Crippen molar-refractivity contribution >= 4 is 15.2 Å². The fourth-order valence-corrected chi connectivity index (χ4v) is 0.796. The van der Waals surface area contributed by atoms with Crippen molar-refractivity contribution in [1.82, 2.24) is 10.2 Å². The SMILES string of the molecule is CCCN(C)CCNC.[CH3][Al][CH3]. The molecule has 0 amide bonds. The Morgan fingerprint density at radius 3 is 2.08 bits per heavy atom. The summed E-state index contributed by atoms with van der Waals surface area (Å²) >= 11 is 0.750. The van der Waals surface area contributed by atoms with Crippen molar-refractivity contribution in [2.24, 2.45) is 0 Å². The van der Waals surface area contributed by atoms with E-state index in [1.165, 1.54) is 13.0 Å². The molecule has 1 radical (unpaired) electrons. The highest BCUT2D eigenvalue weighted by atomic mass is 27.1. The van der Waals surface area contributed by atoms with Crippen LogP contribution >= 0.6 is 0 Å². The molecule has 0 rings (SSSR count). The molecule has 0 fully saturated rings. The molecule has 0 unspecified atom stereocenters. The van der Waals surface area contributed by atoms with Gasteiger partial charge in [0.15, 0.2) is 15.2 Å². The van der Waals surface area contributed by atoms with Crippen LogP contribution < -0.4 is 5.32 Å². The molecular formula is C9H24AlN2. The third-order valence-corrected chi connectivity index (χ3v) is 1.35. The largest absolute Gasteiger partial charge is 0.318 e. The van der Waals surface area contributed by atoms with Crippen LogP contribution in [0.5, 0.6) is 0 Å². The molecule has 1 N–H and O–H groups in total. The van der Waals surface area contributed by atoms with Gasteiger partial charge in [-0.2, -0.15) is 0 Å². The van der Waals surface area contributed by atoms with Crippen LogP contribution in [0.4, 0.5) is 0 Å². The van der Waals surface area contributed by atoms with Crippen molar-refractivity contribution in [2.45, 2.75) is 24.9 Å². The number of likely N-dealkylation sites (N-methyl/N-ethyl adjacent to an activating group) is 2. The Morgan fingerprint density at radius 1 is 1.25 bits per heavy atom. The van der Waals surface area contributed by atoms with Crippen LogP contribution in [-0.2, 0) is 0 Å². The minimum absolute atomic E-state index is 0.750. The maximum Gasteiger partial charge on any atom is 0.191 e. The van der Waals surface area contributed by atoms with E-state index in [0.29, 0.717) is 0 Å². The first-order valence-electron chi connectivity index (χ1n) is 4.80. The van der Waals surface area contributed by atoms with E-state index >= 15 is 0 Å². The molecule has 0 aromatic carbocycles. The fraction of sp³-hybridized carbons (Fsp3) is 1.00. The van der Waals surface area contributed by atoms with E-state index in [9.17, 15) is 0 Å². The van der Waals surface area contributed by atoms with Crippen LogP contribution in [0.2, 0.25) is 11.6 Å². The second-order valence-corrected chi connectivity index (χ2v) is 4.14. The Bertz CT molecular complexity index is 69.5. The first-order chi connectivity index (χ1) is 5.72. The predicted octanol–water partition coefficient (Wildman–Crippen LogP) is 1.33. The molecule has 0 heterocycles. The summed E-state index contributed by atoms with van der Waals surface area (Å²) < 4.78 is 0. The maximum absolute atomic E-state index is 3.12. The Kier molecular flexibility index (Phi) is 17.4. The topological polar surface area (TPSA) is 15.3 Å². The first kappa shape index (κ1) is 14.9. The second-order valence-electron chi connectivity index (χ2n) is 2.98. The van der Waals surface area contributed by atoms with Crippen LogP contribution in [0.3, 0.4) is 0 Å². The Labute approximate surface area is 84.4 Å². The molecule has 0 aromatic heterocycles. The molecule has 0 saturated carbocycles. The van der Waals surface area contributed by atoms with E-state index < -0.39 is 0 Å². The van der Waals surface area contributed by atoms with E-state index in [1.807, 2.05) is 7.05 Å². The minimum atomic E-state index is 0.750. The third kappa shape index (κ3) is 16.8. The summed E-state index contributed by atoms with van der Waals surface area (Å²) in [5.74, 6) is 4.42. The van der Waals surface area contributed by atoms with Crippen molar-refractivity contribution < 1.29 is 0 Å². The van der Waals surface area contributed by atoms with Crippen LogP contribution in [0.25, 0.3) is 0 Å². The van der Waals surface area contributed by atoms with Gasteiger partial charge in [0.2, 0.25) is 0 Å². The highest BCUT2D eigenvalue weighted by Crippen LogP contribution is 1.82. The summed E-state index contributed by atoms with van der Waals surface area (Å²) in [6.45, 7) is 5.67. The number of hydrogen-bond acceptors (Lipinski definition) is 2. The zero-order valence-electron chi connectivity index (χ0n) is 9.35. The number of rotatable bonds is 5. The van der Waals surface area contributed by atoms with Crippen LogP contribution in [-0.4, -0.2) is 53.8 Å². The quantitative estimate of drug-likeness (QED) is 0.653. The molecule has 3 heteroatoms. The Hall–Kier alpha value is 0.452. The van der Waals surface area contributed by atoms with Gasteiger partial charge < -0.3 is 10.2 Å². The second kappa shape index (κ2) is 14.0. The molecule has 0 spiro atoms. The molecule has 0 saturated heterocycles. The van der Waals surface area contributed by atoms with Gasteiger partial charge in [0.25, 0.3) is 0 Å². The summed E-state index contributed by atoms with van der Waals surface area (Å²) in [5, 5.41) is 3.12. The zero-order chi connectivity index (χ0) is 9.82. The van der Waals surface area contributed by atoms with Crippen LogP contribution in [0.1, 0.15) is 13.3 Å². The summed E-state index contributed by atoms with van der Waals surface area (Å²) in [7, 11) is 4.14. The van der Waals surface area contributed by atoms with E-state index in [2.05, 4.69) is 35.8 Å². The monoisotopic (exact) mass is 187 g/mol. The molecule has 0 aliphatic carbocycles. The molecule has 73 valence electrons. The van der Waals surface area contributed by atoms with Crippen molar-refractivity contribution in [3.8, 4) is 0 Å². The predicted molar refractivity (Wildman–Crippen MR) is 59.2 cm³/mol. The van der Waals surface area contributed by atoms with Gasteiger partial charge in [-0.25, -0.2) is 0 Å². The lowest BCUT2D eigenvalue weighted by Gasteiger charge is -2.13. The van der Waals surface area contributed by atoms with E-state index in [1.54, 1.807) is 0 Å². The number of hydrogen-bond donors (Lipinski definition) is 1. The molecule has 0 aromatic rings. The molecule has 0 bridgehead atoms. The van der Waals surface area contributed by atoms with Crippen molar-refractivity contribution in [1.29, 1.82) is 0 Å². The van der Waals surface area contributed by atoms with E-state index in [-0.39, 0.29) is 0 Å². The molecule has 0 atom stereocenters. The molecule has 2 nitrogen and oxygen atoms in total. The van der Waals surface area contributed by atoms with E-state index in [4.69, 9.17) is 0 Å². The molecular weight excluding hydrogens is 163 g/mol. The summed E-state index contributed by atoms with van der Waals surface area (Å²) in [6, 6.07) is 0. The maximum atomic E-state index is 3.12. The lowest BCUT2D eigenvalue weighted by atomic mass is 10.4. The number of nitrogens with one attached hydrogen (secondary N) is 1. The smallest absolute Gasteiger partial charge is 0.191 e. The fourth-order valence-electron chi connectivity index (χ4n) is 0.796. The average molecular weight is 187 g/mol. The lowest BCUT2D eigenvalue weighted by molar-refractivity contribution is 0.336. The van der Waals surface area contributed by atoms with Crippen LogP contribution in [0, 0.1) is 0 Å². The molecule has 0 aliphatic heterocycles. The Morgan fingerprint density at radius 2 is 1.75 bits per heavy atom.